The molecular weight excluding hydrogens is 365 g/mol. The highest BCUT2D eigenvalue weighted by molar-refractivity contribution is 7.91. The number of pyridine rings is 1. The summed E-state index contributed by atoms with van der Waals surface area (Å²) in [5.74, 6) is -0.676. The van der Waals surface area contributed by atoms with Crippen LogP contribution in [-0.2, 0) is 16.4 Å². The van der Waals surface area contributed by atoms with E-state index < -0.39 is 15.8 Å². The van der Waals surface area contributed by atoms with E-state index in [1.807, 2.05) is 0 Å². The summed E-state index contributed by atoms with van der Waals surface area (Å²) >= 11 is 6.17. The summed E-state index contributed by atoms with van der Waals surface area (Å²) < 4.78 is 42.0. The molecule has 1 N–H and O–H groups in total. The first-order chi connectivity index (χ1) is 12.0. The Balaban J connectivity index is 2.30. The van der Waals surface area contributed by atoms with Crippen molar-refractivity contribution in [3.05, 3.63) is 71.4 Å². The zero-order valence-electron chi connectivity index (χ0n) is 13.3. The number of aromatic nitrogens is 2. The number of benzene rings is 1. The average Bonchev–Trinajstić information content (AvgIpc) is 2.94. The molecule has 0 saturated heterocycles. The monoisotopic (exact) mass is 379 g/mol. The van der Waals surface area contributed by atoms with Crippen LogP contribution >= 0.6 is 11.6 Å². The van der Waals surface area contributed by atoms with Gasteiger partial charge < -0.3 is 5.32 Å². The normalized spacial score (nSPS) is 11.6. The summed E-state index contributed by atoms with van der Waals surface area (Å²) in [4.78, 5) is 3.82. The number of nitrogens with zero attached hydrogens (tertiary/aromatic N) is 2. The molecule has 0 bridgehead atoms. The first kappa shape index (κ1) is 17.6. The van der Waals surface area contributed by atoms with Crippen molar-refractivity contribution in [1.29, 1.82) is 0 Å². The molecule has 0 fully saturated rings. The fourth-order valence-electron chi connectivity index (χ4n) is 2.51. The van der Waals surface area contributed by atoms with Gasteiger partial charge in [-0.3, -0.25) is 9.55 Å². The van der Waals surface area contributed by atoms with Gasteiger partial charge in [0.05, 0.1) is 15.6 Å². The van der Waals surface area contributed by atoms with E-state index >= 15 is 0 Å². The van der Waals surface area contributed by atoms with Crippen LogP contribution in [0.15, 0.2) is 64.8 Å². The summed E-state index contributed by atoms with van der Waals surface area (Å²) in [7, 11) is -2.33. The smallest absolute Gasteiger partial charge is 0.223 e. The maximum atomic E-state index is 15.0. The lowest BCUT2D eigenvalue weighted by atomic mass is 10.3. The van der Waals surface area contributed by atoms with Gasteiger partial charge in [-0.1, -0.05) is 23.7 Å². The van der Waals surface area contributed by atoms with Crippen molar-refractivity contribution in [2.75, 3.05) is 7.05 Å². The Morgan fingerprint density at radius 1 is 1.24 bits per heavy atom. The lowest BCUT2D eigenvalue weighted by molar-refractivity contribution is 0.523. The van der Waals surface area contributed by atoms with E-state index in [9.17, 15) is 12.8 Å². The Morgan fingerprint density at radius 3 is 2.64 bits per heavy atom. The van der Waals surface area contributed by atoms with Gasteiger partial charge in [0.15, 0.2) is 0 Å². The van der Waals surface area contributed by atoms with Crippen LogP contribution in [0.3, 0.4) is 0 Å². The van der Waals surface area contributed by atoms with E-state index in [4.69, 9.17) is 11.6 Å². The predicted molar refractivity (Wildman–Crippen MR) is 93.2 cm³/mol. The van der Waals surface area contributed by atoms with Gasteiger partial charge in [0, 0.05) is 24.5 Å². The van der Waals surface area contributed by atoms with Gasteiger partial charge in [0.2, 0.25) is 15.8 Å². The standard InChI is InChI=1S/C17H15ClFN3O2S/c1-20-10-12-9-16(25(23,24)13-5-4-8-21-11-13)22(17(12)19)15-7-3-2-6-14(15)18/h2-9,11,20H,10H2,1H3. The Hall–Kier alpha value is -2.22. The molecular formula is C17H15ClFN3O2S. The molecule has 0 saturated carbocycles. The second kappa shape index (κ2) is 6.95. The molecule has 25 heavy (non-hydrogen) atoms. The molecule has 0 aliphatic rings. The molecule has 0 spiro atoms. The number of nitrogens with one attached hydrogen (secondary N) is 1. The van der Waals surface area contributed by atoms with Gasteiger partial charge in [-0.2, -0.15) is 4.39 Å². The van der Waals surface area contributed by atoms with Gasteiger partial charge in [-0.05, 0) is 37.4 Å². The van der Waals surface area contributed by atoms with Gasteiger partial charge in [-0.25, -0.2) is 8.42 Å². The number of hydrogen-bond acceptors (Lipinski definition) is 4. The lowest BCUT2D eigenvalue weighted by Gasteiger charge is -2.12. The molecule has 0 aliphatic carbocycles. The highest BCUT2D eigenvalue weighted by atomic mass is 35.5. The van der Waals surface area contributed by atoms with Gasteiger partial charge >= 0.3 is 0 Å². The number of hydrogen-bond donors (Lipinski definition) is 1. The van der Waals surface area contributed by atoms with E-state index in [1.54, 1.807) is 31.3 Å². The Labute approximate surface area is 150 Å². The maximum absolute atomic E-state index is 15.0. The lowest BCUT2D eigenvalue weighted by Crippen LogP contribution is -2.11. The van der Waals surface area contributed by atoms with Crippen molar-refractivity contribution in [1.82, 2.24) is 14.9 Å². The minimum Gasteiger partial charge on any atom is -0.316 e. The van der Waals surface area contributed by atoms with Gasteiger partial charge in [0.1, 0.15) is 5.03 Å². The third kappa shape index (κ3) is 3.18. The number of sulfone groups is 1. The fourth-order valence-corrected chi connectivity index (χ4v) is 4.15. The molecule has 130 valence electrons. The SMILES string of the molecule is CNCc1cc(S(=O)(=O)c2cccnc2)n(-c2ccccc2Cl)c1F. The van der Waals surface area contributed by atoms with Crippen molar-refractivity contribution in [3.8, 4) is 5.69 Å². The second-order valence-corrected chi connectivity index (χ2v) is 7.61. The number of para-hydroxylation sites is 1. The summed E-state index contributed by atoms with van der Waals surface area (Å²) in [5.41, 5.74) is 0.483. The van der Waals surface area contributed by atoms with Gasteiger partial charge in [-0.15, -0.1) is 0 Å². The van der Waals surface area contributed by atoms with E-state index in [1.165, 1.54) is 30.6 Å². The zero-order chi connectivity index (χ0) is 18.0. The van der Waals surface area contributed by atoms with Crippen molar-refractivity contribution < 1.29 is 12.8 Å². The zero-order valence-corrected chi connectivity index (χ0v) is 14.9. The first-order valence-electron chi connectivity index (χ1n) is 7.41. The fraction of sp³-hybridized carbons (Fsp3) is 0.118. The van der Waals surface area contributed by atoms with Crippen LogP contribution in [0, 0.1) is 5.95 Å². The first-order valence-corrected chi connectivity index (χ1v) is 9.27. The van der Waals surface area contributed by atoms with E-state index in [0.717, 1.165) is 4.57 Å². The summed E-state index contributed by atoms with van der Waals surface area (Å²) in [6.45, 7) is 0.179. The van der Waals surface area contributed by atoms with E-state index in [0.29, 0.717) is 0 Å². The van der Waals surface area contributed by atoms with Crippen molar-refractivity contribution in [3.63, 3.8) is 0 Å². The van der Waals surface area contributed by atoms with Crippen molar-refractivity contribution >= 4 is 21.4 Å². The van der Waals surface area contributed by atoms with Crippen molar-refractivity contribution in [2.45, 2.75) is 16.5 Å². The Morgan fingerprint density at radius 2 is 2.00 bits per heavy atom. The van der Waals surface area contributed by atoms with Crippen LogP contribution < -0.4 is 5.32 Å². The molecule has 5 nitrogen and oxygen atoms in total. The summed E-state index contributed by atoms with van der Waals surface area (Å²) in [5, 5.41) is 2.88. The second-order valence-electron chi connectivity index (χ2n) is 5.31. The van der Waals surface area contributed by atoms with E-state index in [2.05, 4.69) is 10.3 Å². The quantitative estimate of drug-likeness (QED) is 0.739. The molecule has 2 aromatic heterocycles. The molecule has 2 heterocycles. The average molecular weight is 380 g/mol. The molecule has 0 radical (unpaired) electrons. The molecule has 3 aromatic rings. The molecule has 0 unspecified atom stereocenters. The summed E-state index contributed by atoms with van der Waals surface area (Å²) in [6, 6.07) is 10.8. The third-order valence-corrected chi connectivity index (χ3v) is 5.69. The number of rotatable bonds is 5. The maximum Gasteiger partial charge on any atom is 0.223 e. The summed E-state index contributed by atoms with van der Waals surface area (Å²) in [6.07, 6.45) is 2.70. The van der Waals surface area contributed by atoms with Crippen LogP contribution in [0.25, 0.3) is 5.69 Å². The Kier molecular flexibility index (Phi) is 4.89. The Bertz CT molecular complexity index is 1000. The highest BCUT2D eigenvalue weighted by Gasteiger charge is 2.28. The van der Waals surface area contributed by atoms with Gasteiger partial charge in [0.25, 0.3) is 0 Å². The van der Waals surface area contributed by atoms with Crippen LogP contribution in [0.5, 0.6) is 0 Å². The molecule has 0 atom stereocenters. The van der Waals surface area contributed by atoms with Crippen LogP contribution in [0.1, 0.15) is 5.56 Å². The minimum absolute atomic E-state index is 0.0168. The van der Waals surface area contributed by atoms with Crippen molar-refractivity contribution in [2.24, 2.45) is 0 Å². The molecule has 0 aliphatic heterocycles. The van der Waals surface area contributed by atoms with Crippen LogP contribution in [-0.4, -0.2) is 25.0 Å². The molecule has 0 amide bonds. The van der Waals surface area contributed by atoms with Crippen LogP contribution in [0.4, 0.5) is 4.39 Å². The molecule has 1 aromatic carbocycles. The molecule has 3 rings (SSSR count). The predicted octanol–water partition coefficient (Wildman–Crippen LogP) is 3.22. The van der Waals surface area contributed by atoms with E-state index in [-0.39, 0.29) is 32.7 Å². The minimum atomic E-state index is -3.98. The topological polar surface area (TPSA) is 64.0 Å². The van der Waals surface area contributed by atoms with Crippen LogP contribution in [0.2, 0.25) is 5.02 Å². The largest absolute Gasteiger partial charge is 0.316 e. The number of halogens is 2. The third-order valence-electron chi connectivity index (χ3n) is 3.66. The molecule has 8 heteroatoms. The highest BCUT2D eigenvalue weighted by Crippen LogP contribution is 2.31.